The van der Waals surface area contributed by atoms with Crippen LogP contribution in [0.3, 0.4) is 0 Å². The highest BCUT2D eigenvalue weighted by atomic mass is 16.5. The molecule has 1 rings (SSSR count). The first-order chi connectivity index (χ1) is 4.84. The Labute approximate surface area is 60.6 Å². The van der Waals surface area contributed by atoms with Crippen molar-refractivity contribution in [2.75, 3.05) is 6.61 Å². The van der Waals surface area contributed by atoms with Crippen molar-refractivity contribution in [2.45, 2.75) is 13.5 Å². The summed E-state index contributed by atoms with van der Waals surface area (Å²) in [5.41, 5.74) is 1.11. The van der Waals surface area contributed by atoms with Crippen molar-refractivity contribution in [3.05, 3.63) is 18.2 Å². The van der Waals surface area contributed by atoms with Crippen LogP contribution in [0.15, 0.2) is 12.5 Å². The van der Waals surface area contributed by atoms with E-state index in [1.54, 1.807) is 6.33 Å². The Hall–Kier alpha value is -0.830. The highest BCUT2D eigenvalue weighted by Crippen LogP contribution is 1.97. The van der Waals surface area contributed by atoms with E-state index in [1.807, 2.05) is 24.7 Å². The quantitative estimate of drug-likeness (QED) is 0.625. The molecule has 0 aromatic carbocycles. The van der Waals surface area contributed by atoms with Gasteiger partial charge >= 0.3 is 0 Å². The normalized spacial score (nSPS) is 10.2. The molecule has 1 aromatic rings. The van der Waals surface area contributed by atoms with Crippen LogP contribution >= 0.6 is 0 Å². The lowest BCUT2D eigenvalue weighted by molar-refractivity contribution is 0.129. The summed E-state index contributed by atoms with van der Waals surface area (Å²) < 4.78 is 7.15. The fourth-order valence-corrected chi connectivity index (χ4v) is 0.730. The van der Waals surface area contributed by atoms with E-state index < -0.39 is 0 Å². The number of aromatic nitrogens is 2. The lowest BCUT2D eigenvalue weighted by Gasteiger charge is -2.00. The number of aryl methyl sites for hydroxylation is 1. The molecular formula is C7H12N2O. The topological polar surface area (TPSA) is 27.1 Å². The molecular weight excluding hydrogens is 128 g/mol. The van der Waals surface area contributed by atoms with E-state index in [1.165, 1.54) is 0 Å². The molecule has 3 heteroatoms. The predicted octanol–water partition coefficient (Wildman–Crippen LogP) is 0.957. The SMILES string of the molecule is CCOCc1cncn1C. The number of imidazole rings is 1. The molecule has 0 N–H and O–H groups in total. The molecule has 0 aliphatic carbocycles. The molecule has 1 heterocycles. The Kier molecular flexibility index (Phi) is 2.45. The van der Waals surface area contributed by atoms with Gasteiger partial charge in [0, 0.05) is 13.7 Å². The Balaban J connectivity index is 2.49. The van der Waals surface area contributed by atoms with Gasteiger partial charge in [-0.3, -0.25) is 0 Å². The third kappa shape index (κ3) is 1.57. The van der Waals surface area contributed by atoms with Crippen molar-refractivity contribution in [2.24, 2.45) is 7.05 Å². The van der Waals surface area contributed by atoms with Gasteiger partial charge < -0.3 is 9.30 Å². The Morgan fingerprint density at radius 3 is 3.00 bits per heavy atom. The molecule has 0 bridgehead atoms. The van der Waals surface area contributed by atoms with E-state index in [9.17, 15) is 0 Å². The van der Waals surface area contributed by atoms with Crippen molar-refractivity contribution in [1.29, 1.82) is 0 Å². The number of ether oxygens (including phenoxy) is 1. The van der Waals surface area contributed by atoms with Gasteiger partial charge in [0.2, 0.25) is 0 Å². The highest BCUT2D eigenvalue weighted by Gasteiger charge is 1.95. The summed E-state index contributed by atoms with van der Waals surface area (Å²) in [6.45, 7) is 3.40. The average Bonchev–Trinajstić information content (AvgIpc) is 2.31. The van der Waals surface area contributed by atoms with E-state index in [-0.39, 0.29) is 0 Å². The zero-order chi connectivity index (χ0) is 7.40. The van der Waals surface area contributed by atoms with Crippen LogP contribution in [0.25, 0.3) is 0 Å². The molecule has 10 heavy (non-hydrogen) atoms. The first-order valence-electron chi connectivity index (χ1n) is 3.37. The van der Waals surface area contributed by atoms with E-state index >= 15 is 0 Å². The van der Waals surface area contributed by atoms with Gasteiger partial charge in [0.25, 0.3) is 0 Å². The first kappa shape index (κ1) is 7.28. The molecule has 0 radical (unpaired) electrons. The summed E-state index contributed by atoms with van der Waals surface area (Å²) in [5, 5.41) is 0. The minimum Gasteiger partial charge on any atom is -0.375 e. The van der Waals surface area contributed by atoms with Gasteiger partial charge in [-0.2, -0.15) is 0 Å². The van der Waals surface area contributed by atoms with Crippen LogP contribution < -0.4 is 0 Å². The standard InChI is InChI=1S/C7H12N2O/c1-3-10-5-7-4-8-6-9(7)2/h4,6H,3,5H2,1-2H3. The molecule has 0 spiro atoms. The van der Waals surface area contributed by atoms with Crippen LogP contribution in [0.2, 0.25) is 0 Å². The monoisotopic (exact) mass is 140 g/mol. The summed E-state index contributed by atoms with van der Waals surface area (Å²) in [7, 11) is 1.96. The number of nitrogens with zero attached hydrogens (tertiary/aromatic N) is 2. The molecule has 56 valence electrons. The lowest BCUT2D eigenvalue weighted by Crippen LogP contribution is -1.97. The van der Waals surface area contributed by atoms with E-state index in [2.05, 4.69) is 4.98 Å². The van der Waals surface area contributed by atoms with Gasteiger partial charge in [-0.05, 0) is 6.92 Å². The molecule has 0 atom stereocenters. The molecule has 0 unspecified atom stereocenters. The zero-order valence-electron chi connectivity index (χ0n) is 6.37. The maximum atomic E-state index is 5.20. The van der Waals surface area contributed by atoms with E-state index in [0.717, 1.165) is 12.3 Å². The van der Waals surface area contributed by atoms with Crippen LogP contribution in [-0.4, -0.2) is 16.2 Å². The van der Waals surface area contributed by atoms with E-state index in [4.69, 9.17) is 4.74 Å². The third-order valence-electron chi connectivity index (χ3n) is 1.37. The van der Waals surface area contributed by atoms with Gasteiger partial charge in [0.05, 0.1) is 24.8 Å². The first-order valence-corrected chi connectivity index (χ1v) is 3.37. The second kappa shape index (κ2) is 3.37. The van der Waals surface area contributed by atoms with Gasteiger partial charge in [-0.25, -0.2) is 4.98 Å². The van der Waals surface area contributed by atoms with Crippen molar-refractivity contribution in [3.8, 4) is 0 Å². The fourth-order valence-electron chi connectivity index (χ4n) is 0.730. The molecule has 1 aromatic heterocycles. The van der Waals surface area contributed by atoms with Crippen LogP contribution in [-0.2, 0) is 18.4 Å². The lowest BCUT2D eigenvalue weighted by atomic mass is 10.5. The molecule has 0 aliphatic rings. The second-order valence-electron chi connectivity index (χ2n) is 2.13. The van der Waals surface area contributed by atoms with Crippen molar-refractivity contribution in [1.82, 2.24) is 9.55 Å². The number of hydrogen-bond donors (Lipinski definition) is 0. The van der Waals surface area contributed by atoms with Crippen molar-refractivity contribution in [3.63, 3.8) is 0 Å². The van der Waals surface area contributed by atoms with Crippen molar-refractivity contribution < 1.29 is 4.74 Å². The summed E-state index contributed by atoms with van der Waals surface area (Å²) >= 11 is 0. The van der Waals surface area contributed by atoms with Crippen LogP contribution in [0.1, 0.15) is 12.6 Å². The maximum Gasteiger partial charge on any atom is 0.0946 e. The summed E-state index contributed by atoms with van der Waals surface area (Å²) in [5.74, 6) is 0. The smallest absolute Gasteiger partial charge is 0.0946 e. The van der Waals surface area contributed by atoms with Gasteiger partial charge in [-0.1, -0.05) is 0 Å². The Morgan fingerprint density at radius 1 is 1.70 bits per heavy atom. The second-order valence-corrected chi connectivity index (χ2v) is 2.13. The molecule has 0 amide bonds. The third-order valence-corrected chi connectivity index (χ3v) is 1.37. The predicted molar refractivity (Wildman–Crippen MR) is 38.5 cm³/mol. The minimum absolute atomic E-state index is 0.660. The minimum atomic E-state index is 0.660. The van der Waals surface area contributed by atoms with Crippen LogP contribution in [0, 0.1) is 0 Å². The average molecular weight is 140 g/mol. The Morgan fingerprint density at radius 2 is 2.50 bits per heavy atom. The molecule has 0 saturated heterocycles. The Bertz CT molecular complexity index is 195. The summed E-state index contributed by atoms with van der Waals surface area (Å²) in [6.07, 6.45) is 3.59. The van der Waals surface area contributed by atoms with Crippen LogP contribution in [0.5, 0.6) is 0 Å². The number of rotatable bonds is 3. The van der Waals surface area contributed by atoms with Gasteiger partial charge in [-0.15, -0.1) is 0 Å². The van der Waals surface area contributed by atoms with Crippen LogP contribution in [0.4, 0.5) is 0 Å². The highest BCUT2D eigenvalue weighted by molar-refractivity contribution is 4.94. The number of hydrogen-bond acceptors (Lipinski definition) is 2. The zero-order valence-corrected chi connectivity index (χ0v) is 6.37. The van der Waals surface area contributed by atoms with Gasteiger partial charge in [0.15, 0.2) is 0 Å². The maximum absolute atomic E-state index is 5.20. The summed E-state index contributed by atoms with van der Waals surface area (Å²) in [4.78, 5) is 3.96. The molecule has 3 nitrogen and oxygen atoms in total. The van der Waals surface area contributed by atoms with Crippen molar-refractivity contribution >= 4 is 0 Å². The largest absolute Gasteiger partial charge is 0.375 e. The molecule has 0 aliphatic heterocycles. The van der Waals surface area contributed by atoms with Gasteiger partial charge in [0.1, 0.15) is 0 Å². The molecule has 0 fully saturated rings. The molecule has 0 saturated carbocycles. The summed E-state index contributed by atoms with van der Waals surface area (Å²) in [6, 6.07) is 0. The fraction of sp³-hybridized carbons (Fsp3) is 0.571. The van der Waals surface area contributed by atoms with E-state index in [0.29, 0.717) is 6.61 Å².